The molecule has 1 aliphatic rings. The first-order valence-electron chi connectivity index (χ1n) is 6.81. The molecule has 0 bridgehead atoms. The number of carbonyl (C=O) groups is 2. The van der Waals surface area contributed by atoms with Crippen LogP contribution in [0.15, 0.2) is 29.2 Å². The zero-order chi connectivity index (χ0) is 15.6. The average molecular weight is 308 g/mol. The fourth-order valence-corrected chi connectivity index (χ4v) is 3.07. The molecule has 0 aromatic heterocycles. The van der Waals surface area contributed by atoms with E-state index in [0.717, 1.165) is 16.3 Å². The molecule has 1 aromatic carbocycles. The van der Waals surface area contributed by atoms with Crippen LogP contribution in [0.1, 0.15) is 13.8 Å². The maximum atomic E-state index is 12.5. The van der Waals surface area contributed by atoms with Crippen LogP contribution in [-0.4, -0.2) is 53.3 Å². The molecule has 0 aliphatic carbocycles. The summed E-state index contributed by atoms with van der Waals surface area (Å²) in [5, 5.41) is 9.22. The van der Waals surface area contributed by atoms with Gasteiger partial charge in [-0.1, -0.05) is 12.1 Å². The lowest BCUT2D eigenvalue weighted by atomic mass is 10.0. The monoisotopic (exact) mass is 308 g/mol. The zero-order valence-corrected chi connectivity index (χ0v) is 13.3. The van der Waals surface area contributed by atoms with Gasteiger partial charge in [0.05, 0.1) is 12.2 Å². The second-order valence-electron chi connectivity index (χ2n) is 5.58. The molecule has 1 heterocycles. The first-order chi connectivity index (χ1) is 9.84. The van der Waals surface area contributed by atoms with Gasteiger partial charge in [-0.05, 0) is 33.0 Å². The van der Waals surface area contributed by atoms with Crippen LogP contribution in [-0.2, 0) is 9.59 Å². The van der Waals surface area contributed by atoms with Crippen molar-refractivity contribution in [1.29, 1.82) is 0 Å². The first kappa shape index (κ1) is 15.9. The molecule has 0 saturated heterocycles. The van der Waals surface area contributed by atoms with Gasteiger partial charge in [0.2, 0.25) is 5.91 Å². The van der Waals surface area contributed by atoms with E-state index in [0.29, 0.717) is 6.54 Å². The van der Waals surface area contributed by atoms with Crippen LogP contribution in [0.4, 0.5) is 5.69 Å². The topological polar surface area (TPSA) is 60.9 Å². The molecule has 1 aromatic rings. The summed E-state index contributed by atoms with van der Waals surface area (Å²) in [6.07, 6.45) is 0. The van der Waals surface area contributed by atoms with Crippen molar-refractivity contribution >= 4 is 29.3 Å². The number of amides is 1. The standard InChI is InChI=1S/C15H20N2O3S/c1-15(2,14(19)20)16(3)10-13(18)17-8-9-21-12-7-5-4-6-11(12)17/h4-7H,8-10H2,1-3H3,(H,19,20). The van der Waals surface area contributed by atoms with Gasteiger partial charge >= 0.3 is 5.97 Å². The zero-order valence-electron chi connectivity index (χ0n) is 12.5. The van der Waals surface area contributed by atoms with Crippen LogP contribution in [0, 0.1) is 0 Å². The minimum Gasteiger partial charge on any atom is -0.480 e. The third kappa shape index (κ3) is 3.22. The number of carbonyl (C=O) groups excluding carboxylic acids is 1. The number of benzene rings is 1. The van der Waals surface area contributed by atoms with Crippen molar-refractivity contribution in [2.24, 2.45) is 0 Å². The molecule has 0 fully saturated rings. The quantitative estimate of drug-likeness (QED) is 0.921. The highest BCUT2D eigenvalue weighted by molar-refractivity contribution is 7.99. The molecule has 0 radical (unpaired) electrons. The average Bonchev–Trinajstić information content (AvgIpc) is 2.46. The largest absolute Gasteiger partial charge is 0.480 e. The minimum absolute atomic E-state index is 0.0698. The van der Waals surface area contributed by atoms with Gasteiger partial charge in [-0.15, -0.1) is 11.8 Å². The molecule has 6 heteroatoms. The highest BCUT2D eigenvalue weighted by Crippen LogP contribution is 2.34. The van der Waals surface area contributed by atoms with Crippen LogP contribution < -0.4 is 4.90 Å². The number of hydrogen-bond acceptors (Lipinski definition) is 4. The third-order valence-electron chi connectivity index (χ3n) is 3.88. The summed E-state index contributed by atoms with van der Waals surface area (Å²) in [4.78, 5) is 28.2. The van der Waals surface area contributed by atoms with E-state index in [1.807, 2.05) is 24.3 Å². The Hall–Kier alpha value is -1.53. The number of carboxylic acids is 1. The van der Waals surface area contributed by atoms with Crippen molar-refractivity contribution in [3.8, 4) is 0 Å². The molecular weight excluding hydrogens is 288 g/mol. The van der Waals surface area contributed by atoms with Crippen molar-refractivity contribution in [3.63, 3.8) is 0 Å². The Morgan fingerprint density at radius 1 is 1.38 bits per heavy atom. The lowest BCUT2D eigenvalue weighted by Gasteiger charge is -2.34. The third-order valence-corrected chi connectivity index (χ3v) is 4.92. The SMILES string of the molecule is CN(CC(=O)N1CCSc2ccccc21)C(C)(C)C(=O)O. The number of anilines is 1. The molecule has 21 heavy (non-hydrogen) atoms. The normalized spacial score (nSPS) is 15.0. The number of fused-ring (bicyclic) bond motifs is 1. The van der Waals surface area contributed by atoms with Crippen molar-refractivity contribution in [2.75, 3.05) is 30.8 Å². The molecular formula is C15H20N2O3S. The van der Waals surface area contributed by atoms with Crippen LogP contribution in [0.2, 0.25) is 0 Å². The van der Waals surface area contributed by atoms with Crippen molar-refractivity contribution in [2.45, 2.75) is 24.3 Å². The van der Waals surface area contributed by atoms with Gasteiger partial charge in [0, 0.05) is 17.2 Å². The summed E-state index contributed by atoms with van der Waals surface area (Å²) in [7, 11) is 1.66. The summed E-state index contributed by atoms with van der Waals surface area (Å²) in [6, 6.07) is 7.81. The first-order valence-corrected chi connectivity index (χ1v) is 7.79. The fourth-order valence-electron chi connectivity index (χ4n) is 2.08. The predicted octanol–water partition coefficient (Wildman–Crippen LogP) is 1.92. The van der Waals surface area contributed by atoms with Gasteiger partial charge < -0.3 is 10.0 Å². The smallest absolute Gasteiger partial charge is 0.323 e. The summed E-state index contributed by atoms with van der Waals surface area (Å²) in [6.45, 7) is 3.94. The van der Waals surface area contributed by atoms with E-state index in [4.69, 9.17) is 0 Å². The molecule has 114 valence electrons. The predicted molar refractivity (Wildman–Crippen MR) is 83.9 cm³/mol. The summed E-state index contributed by atoms with van der Waals surface area (Å²) in [5.74, 6) is -0.151. The number of hydrogen-bond donors (Lipinski definition) is 1. The van der Waals surface area contributed by atoms with Crippen LogP contribution in [0.25, 0.3) is 0 Å². The number of para-hydroxylation sites is 1. The summed E-state index contributed by atoms with van der Waals surface area (Å²) in [5.41, 5.74) is -0.153. The van der Waals surface area contributed by atoms with Gasteiger partial charge in [-0.25, -0.2) is 0 Å². The highest BCUT2D eigenvalue weighted by atomic mass is 32.2. The molecule has 1 aliphatic heterocycles. The van der Waals surface area contributed by atoms with Gasteiger partial charge in [0.25, 0.3) is 0 Å². The second-order valence-corrected chi connectivity index (χ2v) is 6.72. The van der Waals surface area contributed by atoms with Crippen LogP contribution in [0.5, 0.6) is 0 Å². The van der Waals surface area contributed by atoms with Gasteiger partial charge in [-0.3, -0.25) is 14.5 Å². The van der Waals surface area contributed by atoms with Gasteiger partial charge in [0.15, 0.2) is 0 Å². The molecule has 0 atom stereocenters. The Bertz CT molecular complexity index is 560. The van der Waals surface area contributed by atoms with E-state index in [2.05, 4.69) is 0 Å². The Kier molecular flexibility index (Phi) is 4.58. The second kappa shape index (κ2) is 6.07. The Labute approximate surface area is 128 Å². The van der Waals surface area contributed by atoms with Gasteiger partial charge in [-0.2, -0.15) is 0 Å². The van der Waals surface area contributed by atoms with E-state index in [9.17, 15) is 14.7 Å². The van der Waals surface area contributed by atoms with E-state index in [1.165, 1.54) is 0 Å². The molecule has 1 amide bonds. The Morgan fingerprint density at radius 2 is 2.05 bits per heavy atom. The maximum absolute atomic E-state index is 12.5. The summed E-state index contributed by atoms with van der Waals surface area (Å²) >= 11 is 1.74. The molecule has 5 nitrogen and oxygen atoms in total. The van der Waals surface area contributed by atoms with E-state index >= 15 is 0 Å². The molecule has 2 rings (SSSR count). The Balaban J connectivity index is 2.14. The number of carboxylic acid groups (broad SMARTS) is 1. The molecule has 0 unspecified atom stereocenters. The molecule has 0 saturated carbocycles. The highest BCUT2D eigenvalue weighted by Gasteiger charge is 2.34. The van der Waals surface area contributed by atoms with Crippen LogP contribution >= 0.6 is 11.8 Å². The van der Waals surface area contributed by atoms with E-state index in [-0.39, 0.29) is 12.5 Å². The Morgan fingerprint density at radius 3 is 2.71 bits per heavy atom. The van der Waals surface area contributed by atoms with Crippen molar-refractivity contribution < 1.29 is 14.7 Å². The fraction of sp³-hybridized carbons (Fsp3) is 0.467. The summed E-state index contributed by atoms with van der Waals surface area (Å²) < 4.78 is 0. The maximum Gasteiger partial charge on any atom is 0.323 e. The van der Waals surface area contributed by atoms with Crippen LogP contribution in [0.3, 0.4) is 0 Å². The van der Waals surface area contributed by atoms with Crippen molar-refractivity contribution in [1.82, 2.24) is 4.90 Å². The lowest BCUT2D eigenvalue weighted by molar-refractivity contribution is -0.149. The number of thioether (sulfide) groups is 1. The van der Waals surface area contributed by atoms with Gasteiger partial charge in [0.1, 0.15) is 5.54 Å². The number of likely N-dealkylation sites (N-methyl/N-ethyl adjacent to an activating group) is 1. The minimum atomic E-state index is -1.07. The van der Waals surface area contributed by atoms with Crippen molar-refractivity contribution in [3.05, 3.63) is 24.3 Å². The van der Waals surface area contributed by atoms with E-state index in [1.54, 1.807) is 42.5 Å². The van der Waals surface area contributed by atoms with E-state index < -0.39 is 11.5 Å². The number of nitrogens with zero attached hydrogens (tertiary/aromatic N) is 2. The number of aliphatic carboxylic acids is 1. The molecule has 1 N–H and O–H groups in total. The number of rotatable bonds is 4. The lowest BCUT2D eigenvalue weighted by Crippen LogP contribution is -2.52. The molecule has 0 spiro atoms.